The first-order valence-corrected chi connectivity index (χ1v) is 5.81. The molecule has 0 radical (unpaired) electrons. The fourth-order valence-electron chi connectivity index (χ4n) is 1.64. The van der Waals surface area contributed by atoms with E-state index in [0.717, 1.165) is 31.2 Å². The van der Waals surface area contributed by atoms with Gasteiger partial charge < -0.3 is 10.2 Å². The fourth-order valence-corrected chi connectivity index (χ4v) is 1.64. The molecule has 19 heavy (non-hydrogen) atoms. The maximum absolute atomic E-state index is 13.0. The summed E-state index contributed by atoms with van der Waals surface area (Å²) < 4.78 is 13.0. The lowest BCUT2D eigenvalue weighted by molar-refractivity contribution is -0.385. The highest BCUT2D eigenvalue weighted by Gasteiger charge is 2.23. The summed E-state index contributed by atoms with van der Waals surface area (Å²) in [6.45, 7) is 1.21. The monoisotopic (exact) mass is 269 g/mol. The molecule has 104 valence electrons. The predicted molar refractivity (Wildman–Crippen MR) is 68.6 cm³/mol. The number of amides is 1. The molecule has 0 unspecified atom stereocenters. The predicted octanol–water partition coefficient (Wildman–Crippen LogP) is 1.42. The Bertz CT molecular complexity index is 479. The van der Waals surface area contributed by atoms with Crippen LogP contribution in [0.2, 0.25) is 0 Å². The zero-order chi connectivity index (χ0) is 14.4. The third-order valence-electron chi connectivity index (χ3n) is 2.65. The molecule has 0 atom stereocenters. The first kappa shape index (κ1) is 15.0. The van der Waals surface area contributed by atoms with Gasteiger partial charge in [-0.25, -0.2) is 4.39 Å². The molecule has 1 amide bonds. The van der Waals surface area contributed by atoms with E-state index in [1.54, 1.807) is 14.1 Å². The number of rotatable bonds is 6. The SMILES string of the molecule is CNCCCN(C)C(=O)c1ccc(F)cc1[N+](=O)[O-]. The molecule has 0 fully saturated rings. The van der Waals surface area contributed by atoms with Crippen LogP contribution in [-0.2, 0) is 0 Å². The fraction of sp³-hybridized carbons (Fsp3) is 0.417. The van der Waals surface area contributed by atoms with Crippen molar-refractivity contribution < 1.29 is 14.1 Å². The summed E-state index contributed by atoms with van der Waals surface area (Å²) in [4.78, 5) is 23.5. The second-order valence-electron chi connectivity index (χ2n) is 4.10. The maximum atomic E-state index is 13.0. The smallest absolute Gasteiger partial charge is 0.285 e. The molecule has 0 aliphatic carbocycles. The highest BCUT2D eigenvalue weighted by molar-refractivity contribution is 5.97. The number of nitro groups is 1. The van der Waals surface area contributed by atoms with Gasteiger partial charge in [0.05, 0.1) is 11.0 Å². The van der Waals surface area contributed by atoms with Crippen LogP contribution < -0.4 is 5.32 Å². The van der Waals surface area contributed by atoms with Crippen molar-refractivity contribution in [3.63, 3.8) is 0 Å². The van der Waals surface area contributed by atoms with Crippen LogP contribution in [0.25, 0.3) is 0 Å². The van der Waals surface area contributed by atoms with Gasteiger partial charge in [-0.1, -0.05) is 0 Å². The van der Waals surface area contributed by atoms with Gasteiger partial charge in [-0.3, -0.25) is 14.9 Å². The number of nitrogens with one attached hydrogen (secondary N) is 1. The average Bonchev–Trinajstić information content (AvgIpc) is 2.38. The van der Waals surface area contributed by atoms with Gasteiger partial charge in [0.25, 0.3) is 11.6 Å². The van der Waals surface area contributed by atoms with Gasteiger partial charge in [0.2, 0.25) is 0 Å². The molecule has 0 saturated carbocycles. The van der Waals surface area contributed by atoms with E-state index in [-0.39, 0.29) is 5.56 Å². The Balaban J connectivity index is 2.89. The minimum atomic E-state index is -0.752. The molecule has 1 N–H and O–H groups in total. The van der Waals surface area contributed by atoms with Crippen molar-refractivity contribution in [2.75, 3.05) is 27.2 Å². The maximum Gasteiger partial charge on any atom is 0.285 e. The highest BCUT2D eigenvalue weighted by Crippen LogP contribution is 2.21. The Morgan fingerprint density at radius 3 is 2.79 bits per heavy atom. The molecule has 1 aromatic carbocycles. The number of hydrogen-bond acceptors (Lipinski definition) is 4. The van der Waals surface area contributed by atoms with E-state index < -0.39 is 22.3 Å². The summed E-state index contributed by atoms with van der Waals surface area (Å²) in [7, 11) is 3.36. The van der Waals surface area contributed by atoms with Crippen molar-refractivity contribution in [1.29, 1.82) is 0 Å². The highest BCUT2D eigenvalue weighted by atomic mass is 19.1. The Kier molecular flexibility index (Phi) is 5.37. The first-order valence-electron chi connectivity index (χ1n) is 5.81. The van der Waals surface area contributed by atoms with Gasteiger partial charge in [-0.05, 0) is 32.1 Å². The number of carbonyl (C=O) groups is 1. The molecule has 0 aliphatic heterocycles. The standard InChI is InChI=1S/C12H16FN3O3/c1-14-6-3-7-15(2)12(17)10-5-4-9(13)8-11(10)16(18)19/h4-5,8,14H,3,6-7H2,1-2H3. The Hall–Kier alpha value is -2.02. The molecule has 0 heterocycles. The number of nitrogens with zero attached hydrogens (tertiary/aromatic N) is 2. The van der Waals surface area contributed by atoms with Crippen LogP contribution in [0.4, 0.5) is 10.1 Å². The Labute approximate surface area is 110 Å². The van der Waals surface area contributed by atoms with Gasteiger partial charge in [0.15, 0.2) is 0 Å². The number of carbonyl (C=O) groups excluding carboxylic acids is 1. The van der Waals surface area contributed by atoms with E-state index in [9.17, 15) is 19.3 Å². The number of halogens is 1. The third-order valence-corrected chi connectivity index (χ3v) is 2.65. The lowest BCUT2D eigenvalue weighted by Gasteiger charge is -2.17. The van der Waals surface area contributed by atoms with Crippen molar-refractivity contribution in [3.05, 3.63) is 39.7 Å². The van der Waals surface area contributed by atoms with Crippen LogP contribution in [-0.4, -0.2) is 42.9 Å². The average molecular weight is 269 g/mol. The summed E-state index contributed by atoms with van der Waals surface area (Å²) in [5.41, 5.74) is -0.608. The topological polar surface area (TPSA) is 75.5 Å². The zero-order valence-electron chi connectivity index (χ0n) is 10.9. The Morgan fingerprint density at radius 1 is 1.53 bits per heavy atom. The van der Waals surface area contributed by atoms with Crippen molar-refractivity contribution in [3.8, 4) is 0 Å². The molecule has 6 nitrogen and oxygen atoms in total. The van der Waals surface area contributed by atoms with E-state index in [0.29, 0.717) is 6.54 Å². The van der Waals surface area contributed by atoms with Crippen LogP contribution in [0.3, 0.4) is 0 Å². The van der Waals surface area contributed by atoms with Gasteiger partial charge in [-0.15, -0.1) is 0 Å². The molecular weight excluding hydrogens is 253 g/mol. The minimum Gasteiger partial charge on any atom is -0.341 e. The van der Waals surface area contributed by atoms with E-state index in [1.165, 1.54) is 4.90 Å². The second kappa shape index (κ2) is 6.79. The largest absolute Gasteiger partial charge is 0.341 e. The first-order chi connectivity index (χ1) is 8.97. The van der Waals surface area contributed by atoms with Crippen molar-refractivity contribution >= 4 is 11.6 Å². The van der Waals surface area contributed by atoms with Crippen LogP contribution >= 0.6 is 0 Å². The minimum absolute atomic E-state index is 0.0987. The van der Waals surface area contributed by atoms with Crippen molar-refractivity contribution in [1.82, 2.24) is 10.2 Å². The molecule has 1 aromatic rings. The molecule has 7 heteroatoms. The van der Waals surface area contributed by atoms with Gasteiger partial charge in [0.1, 0.15) is 11.4 Å². The lowest BCUT2D eigenvalue weighted by Crippen LogP contribution is -2.29. The molecule has 0 aliphatic rings. The van der Waals surface area contributed by atoms with Crippen LogP contribution in [0, 0.1) is 15.9 Å². The molecule has 0 saturated heterocycles. The van der Waals surface area contributed by atoms with Crippen molar-refractivity contribution in [2.24, 2.45) is 0 Å². The van der Waals surface area contributed by atoms with E-state index in [2.05, 4.69) is 5.32 Å². The van der Waals surface area contributed by atoms with Gasteiger partial charge in [0, 0.05) is 13.6 Å². The second-order valence-corrected chi connectivity index (χ2v) is 4.10. The summed E-state index contributed by atoms with van der Waals surface area (Å²) in [6, 6.07) is 2.95. The third kappa shape index (κ3) is 3.99. The molecule has 1 rings (SSSR count). The molecular formula is C12H16FN3O3. The van der Waals surface area contributed by atoms with E-state index in [1.807, 2.05) is 0 Å². The normalized spacial score (nSPS) is 10.3. The van der Waals surface area contributed by atoms with Crippen molar-refractivity contribution in [2.45, 2.75) is 6.42 Å². The van der Waals surface area contributed by atoms with Crippen LogP contribution in [0.5, 0.6) is 0 Å². The van der Waals surface area contributed by atoms with Crippen LogP contribution in [0.1, 0.15) is 16.8 Å². The van der Waals surface area contributed by atoms with E-state index >= 15 is 0 Å². The molecule has 0 bridgehead atoms. The zero-order valence-corrected chi connectivity index (χ0v) is 10.9. The van der Waals surface area contributed by atoms with Gasteiger partial charge in [-0.2, -0.15) is 0 Å². The number of nitro benzene ring substituents is 1. The molecule has 0 aromatic heterocycles. The summed E-state index contributed by atoms with van der Waals surface area (Å²) in [5, 5.41) is 13.8. The Morgan fingerprint density at radius 2 is 2.21 bits per heavy atom. The summed E-state index contributed by atoms with van der Waals surface area (Å²) in [6.07, 6.45) is 0.730. The summed E-state index contributed by atoms with van der Waals surface area (Å²) in [5.74, 6) is -1.22. The van der Waals surface area contributed by atoms with Gasteiger partial charge >= 0.3 is 0 Å². The van der Waals surface area contributed by atoms with Crippen LogP contribution in [0.15, 0.2) is 18.2 Å². The summed E-state index contributed by atoms with van der Waals surface area (Å²) >= 11 is 0. The quantitative estimate of drug-likeness (QED) is 0.481. The van der Waals surface area contributed by atoms with E-state index in [4.69, 9.17) is 0 Å². The lowest BCUT2D eigenvalue weighted by atomic mass is 10.1. The number of hydrogen-bond donors (Lipinski definition) is 1. The number of benzene rings is 1. The molecule has 0 spiro atoms.